The van der Waals surface area contributed by atoms with Crippen LogP contribution in [-0.4, -0.2) is 30.1 Å². The number of hydrogen-bond acceptors (Lipinski definition) is 2. The Morgan fingerprint density at radius 1 is 1.62 bits per heavy atom. The van der Waals surface area contributed by atoms with Gasteiger partial charge in [0.25, 0.3) is 0 Å². The van der Waals surface area contributed by atoms with Crippen molar-refractivity contribution in [1.29, 1.82) is 0 Å². The number of unbranched alkanes of at least 4 members (excludes halogenated alkanes) is 1. The van der Waals surface area contributed by atoms with E-state index in [9.17, 15) is 4.79 Å². The van der Waals surface area contributed by atoms with Gasteiger partial charge in [0.05, 0.1) is 12.7 Å². The van der Waals surface area contributed by atoms with E-state index in [1.54, 1.807) is 0 Å². The molecule has 0 saturated carbocycles. The van der Waals surface area contributed by atoms with Crippen molar-refractivity contribution in [3.05, 3.63) is 0 Å². The van der Waals surface area contributed by atoms with Crippen molar-refractivity contribution in [1.82, 2.24) is 10.2 Å². The van der Waals surface area contributed by atoms with Crippen molar-refractivity contribution in [2.45, 2.75) is 39.7 Å². The predicted molar refractivity (Wildman–Crippen MR) is 53.2 cm³/mol. The zero-order chi connectivity index (χ0) is 9.84. The zero-order valence-electron chi connectivity index (χ0n) is 8.84. The Hall–Kier alpha value is -0.570. The lowest BCUT2D eigenvalue weighted by molar-refractivity contribution is -0.129. The summed E-state index contributed by atoms with van der Waals surface area (Å²) >= 11 is 0. The van der Waals surface area contributed by atoms with Crippen LogP contribution < -0.4 is 5.32 Å². The van der Waals surface area contributed by atoms with Gasteiger partial charge in [0.1, 0.15) is 0 Å². The molecule has 76 valence electrons. The van der Waals surface area contributed by atoms with Crippen LogP contribution in [0.5, 0.6) is 0 Å². The standard InChI is InChI=1S/C10H20N2O/c1-4-5-6-12-7-11-9(8(2)3)10(12)13/h8-9,11H,4-7H2,1-3H3. The van der Waals surface area contributed by atoms with Crippen LogP contribution in [0.2, 0.25) is 0 Å². The lowest BCUT2D eigenvalue weighted by Gasteiger charge is -2.15. The Morgan fingerprint density at radius 2 is 2.31 bits per heavy atom. The maximum absolute atomic E-state index is 11.7. The molecular formula is C10H20N2O. The van der Waals surface area contributed by atoms with E-state index in [1.807, 2.05) is 4.90 Å². The monoisotopic (exact) mass is 184 g/mol. The topological polar surface area (TPSA) is 32.3 Å². The molecule has 13 heavy (non-hydrogen) atoms. The van der Waals surface area contributed by atoms with Gasteiger partial charge >= 0.3 is 0 Å². The van der Waals surface area contributed by atoms with Gasteiger partial charge in [-0.15, -0.1) is 0 Å². The molecule has 3 nitrogen and oxygen atoms in total. The molecule has 1 aliphatic rings. The highest BCUT2D eigenvalue weighted by atomic mass is 16.2. The second-order valence-corrected chi connectivity index (χ2v) is 4.04. The molecule has 1 aliphatic heterocycles. The molecule has 0 spiro atoms. The number of carbonyl (C=O) groups excluding carboxylic acids is 1. The van der Waals surface area contributed by atoms with Crippen LogP contribution in [0.1, 0.15) is 33.6 Å². The van der Waals surface area contributed by atoms with Crippen molar-refractivity contribution >= 4 is 5.91 Å². The molecule has 1 atom stereocenters. The largest absolute Gasteiger partial charge is 0.329 e. The van der Waals surface area contributed by atoms with Gasteiger partial charge in [-0.05, 0) is 12.3 Å². The molecule has 0 aliphatic carbocycles. The average Bonchev–Trinajstić information content (AvgIpc) is 2.43. The van der Waals surface area contributed by atoms with Gasteiger partial charge < -0.3 is 4.90 Å². The third-order valence-corrected chi connectivity index (χ3v) is 2.53. The van der Waals surface area contributed by atoms with Gasteiger partial charge in [0, 0.05) is 6.54 Å². The smallest absolute Gasteiger partial charge is 0.241 e. The lowest BCUT2D eigenvalue weighted by Crippen LogP contribution is -2.34. The quantitative estimate of drug-likeness (QED) is 0.712. The minimum absolute atomic E-state index is 0.0526. The molecule has 1 unspecified atom stereocenters. The minimum Gasteiger partial charge on any atom is -0.329 e. The van der Waals surface area contributed by atoms with E-state index in [4.69, 9.17) is 0 Å². The van der Waals surface area contributed by atoms with Crippen molar-refractivity contribution in [2.24, 2.45) is 5.92 Å². The third kappa shape index (κ3) is 2.44. The highest BCUT2D eigenvalue weighted by molar-refractivity contribution is 5.83. The number of rotatable bonds is 4. The molecule has 1 rings (SSSR count). The molecule has 1 saturated heterocycles. The summed E-state index contributed by atoms with van der Waals surface area (Å²) in [6, 6.07) is 0.0526. The zero-order valence-corrected chi connectivity index (χ0v) is 8.84. The lowest BCUT2D eigenvalue weighted by atomic mass is 10.1. The Labute approximate surface area is 80.5 Å². The molecule has 1 amide bonds. The second-order valence-electron chi connectivity index (χ2n) is 4.04. The van der Waals surface area contributed by atoms with Gasteiger partial charge in [-0.25, -0.2) is 0 Å². The van der Waals surface area contributed by atoms with Crippen molar-refractivity contribution in [2.75, 3.05) is 13.2 Å². The van der Waals surface area contributed by atoms with Crippen molar-refractivity contribution < 1.29 is 4.79 Å². The van der Waals surface area contributed by atoms with E-state index in [1.165, 1.54) is 0 Å². The van der Waals surface area contributed by atoms with Crippen LogP contribution in [0.3, 0.4) is 0 Å². The van der Waals surface area contributed by atoms with E-state index in [0.29, 0.717) is 5.92 Å². The molecule has 1 N–H and O–H groups in total. The molecule has 3 heteroatoms. The van der Waals surface area contributed by atoms with E-state index in [2.05, 4.69) is 26.1 Å². The highest BCUT2D eigenvalue weighted by Crippen LogP contribution is 2.12. The summed E-state index contributed by atoms with van der Waals surface area (Å²) in [7, 11) is 0. The van der Waals surface area contributed by atoms with Crippen molar-refractivity contribution in [3.8, 4) is 0 Å². The molecule has 0 radical (unpaired) electrons. The molecule has 0 bridgehead atoms. The van der Waals surface area contributed by atoms with Gasteiger partial charge in [-0.1, -0.05) is 27.2 Å². The number of nitrogens with one attached hydrogen (secondary N) is 1. The third-order valence-electron chi connectivity index (χ3n) is 2.53. The first kappa shape index (κ1) is 10.5. The SMILES string of the molecule is CCCCN1CNC(C(C)C)C1=O. The summed E-state index contributed by atoms with van der Waals surface area (Å²) in [5.74, 6) is 0.683. The number of nitrogens with zero attached hydrogens (tertiary/aromatic N) is 1. The summed E-state index contributed by atoms with van der Waals surface area (Å²) in [4.78, 5) is 13.6. The second kappa shape index (κ2) is 4.61. The van der Waals surface area contributed by atoms with Crippen LogP contribution >= 0.6 is 0 Å². The molecule has 1 fully saturated rings. The minimum atomic E-state index is 0.0526. The van der Waals surface area contributed by atoms with Gasteiger partial charge in [0.15, 0.2) is 0 Å². The summed E-state index contributed by atoms with van der Waals surface area (Å²) < 4.78 is 0. The number of carbonyl (C=O) groups is 1. The molecular weight excluding hydrogens is 164 g/mol. The fourth-order valence-corrected chi connectivity index (χ4v) is 1.63. The Morgan fingerprint density at radius 3 is 2.77 bits per heavy atom. The first-order chi connectivity index (χ1) is 6.16. The first-order valence-electron chi connectivity index (χ1n) is 5.19. The van der Waals surface area contributed by atoms with E-state index >= 15 is 0 Å². The van der Waals surface area contributed by atoms with Gasteiger partial charge in [0.2, 0.25) is 5.91 Å². The van der Waals surface area contributed by atoms with Crippen molar-refractivity contribution in [3.63, 3.8) is 0 Å². The first-order valence-corrected chi connectivity index (χ1v) is 5.19. The normalized spacial score (nSPS) is 23.2. The van der Waals surface area contributed by atoms with Crippen LogP contribution in [-0.2, 0) is 4.79 Å². The van der Waals surface area contributed by atoms with Crippen LogP contribution in [0, 0.1) is 5.92 Å². The van der Waals surface area contributed by atoms with Gasteiger partial charge in [-0.3, -0.25) is 10.1 Å². The molecule has 0 aromatic carbocycles. The maximum atomic E-state index is 11.7. The number of amides is 1. The summed E-state index contributed by atoms with van der Waals surface area (Å²) in [5, 5.41) is 3.24. The molecule has 1 heterocycles. The maximum Gasteiger partial charge on any atom is 0.241 e. The summed E-state index contributed by atoms with van der Waals surface area (Å²) in [5.41, 5.74) is 0. The van der Waals surface area contributed by atoms with E-state index in [0.717, 1.165) is 26.1 Å². The Balaban J connectivity index is 2.41. The molecule has 0 aromatic rings. The average molecular weight is 184 g/mol. The van der Waals surface area contributed by atoms with Crippen LogP contribution in [0.15, 0.2) is 0 Å². The predicted octanol–water partition coefficient (Wildman–Crippen LogP) is 1.20. The van der Waals surface area contributed by atoms with E-state index < -0.39 is 0 Å². The van der Waals surface area contributed by atoms with Crippen LogP contribution in [0.4, 0.5) is 0 Å². The Bertz CT molecular complexity index is 180. The summed E-state index contributed by atoms with van der Waals surface area (Å²) in [6.45, 7) is 7.96. The fraction of sp³-hybridized carbons (Fsp3) is 0.900. The fourth-order valence-electron chi connectivity index (χ4n) is 1.63. The van der Waals surface area contributed by atoms with Crippen LogP contribution in [0.25, 0.3) is 0 Å². The molecule has 0 aromatic heterocycles. The number of hydrogen-bond donors (Lipinski definition) is 1. The summed E-state index contributed by atoms with van der Waals surface area (Å²) in [6.07, 6.45) is 2.26. The van der Waals surface area contributed by atoms with E-state index in [-0.39, 0.29) is 11.9 Å². The van der Waals surface area contributed by atoms with Gasteiger partial charge in [-0.2, -0.15) is 0 Å². The Kier molecular flexibility index (Phi) is 3.72. The highest BCUT2D eigenvalue weighted by Gasteiger charge is 2.32.